The fourth-order valence-corrected chi connectivity index (χ4v) is 1.95. The molecule has 0 saturated heterocycles. The fraction of sp³-hybridized carbons (Fsp3) is 0.500. The van der Waals surface area contributed by atoms with Crippen LogP contribution in [0.25, 0.3) is 0 Å². The summed E-state index contributed by atoms with van der Waals surface area (Å²) in [7, 11) is 0. The monoisotopic (exact) mass is 253 g/mol. The van der Waals surface area contributed by atoms with Crippen LogP contribution in [0.1, 0.15) is 35.7 Å². The Balaban J connectivity index is 2.80. The molecule has 0 N–H and O–H groups in total. The van der Waals surface area contributed by atoms with Gasteiger partial charge in [-0.25, -0.2) is 0 Å². The third kappa shape index (κ3) is 4.04. The highest BCUT2D eigenvalue weighted by molar-refractivity contribution is 6.18. The standard InChI is InChI=1S/C14H20ClNO/c1-3-4-10-16(11-9-15)14(17)13-8-6-5-7-12(13)2/h5-8H,3-4,9-11H2,1-2H3. The van der Waals surface area contributed by atoms with Crippen LogP contribution in [0.4, 0.5) is 0 Å². The molecule has 94 valence electrons. The van der Waals surface area contributed by atoms with Crippen LogP contribution in [0.15, 0.2) is 24.3 Å². The molecule has 0 heterocycles. The summed E-state index contributed by atoms with van der Waals surface area (Å²) in [6, 6.07) is 7.69. The van der Waals surface area contributed by atoms with E-state index in [9.17, 15) is 4.79 Å². The van der Waals surface area contributed by atoms with Crippen molar-refractivity contribution in [3.8, 4) is 0 Å². The number of hydrogen-bond acceptors (Lipinski definition) is 1. The van der Waals surface area contributed by atoms with Gasteiger partial charge in [0.15, 0.2) is 0 Å². The van der Waals surface area contributed by atoms with Crippen LogP contribution in [0, 0.1) is 6.92 Å². The van der Waals surface area contributed by atoms with Gasteiger partial charge in [0.25, 0.3) is 5.91 Å². The molecule has 1 amide bonds. The van der Waals surface area contributed by atoms with Gasteiger partial charge < -0.3 is 4.90 Å². The Kier molecular flexibility index (Phi) is 6.06. The van der Waals surface area contributed by atoms with Crippen LogP contribution in [0.5, 0.6) is 0 Å². The molecule has 0 spiro atoms. The van der Waals surface area contributed by atoms with Crippen LogP contribution >= 0.6 is 11.6 Å². The predicted molar refractivity (Wildman–Crippen MR) is 72.7 cm³/mol. The zero-order chi connectivity index (χ0) is 12.7. The van der Waals surface area contributed by atoms with Crippen molar-refractivity contribution in [1.82, 2.24) is 4.90 Å². The molecule has 0 unspecified atom stereocenters. The Hall–Kier alpha value is -1.02. The maximum absolute atomic E-state index is 12.3. The minimum Gasteiger partial charge on any atom is -0.337 e. The average Bonchev–Trinajstić information content (AvgIpc) is 2.34. The smallest absolute Gasteiger partial charge is 0.254 e. The lowest BCUT2D eigenvalue weighted by molar-refractivity contribution is 0.0762. The summed E-state index contributed by atoms with van der Waals surface area (Å²) in [5.74, 6) is 0.582. The van der Waals surface area contributed by atoms with E-state index in [-0.39, 0.29) is 5.91 Å². The average molecular weight is 254 g/mol. The summed E-state index contributed by atoms with van der Waals surface area (Å²) in [6.45, 7) is 5.49. The van der Waals surface area contributed by atoms with Crippen molar-refractivity contribution in [2.45, 2.75) is 26.7 Å². The molecule has 17 heavy (non-hydrogen) atoms. The second kappa shape index (κ2) is 7.33. The van der Waals surface area contributed by atoms with Crippen LogP contribution in [-0.4, -0.2) is 29.8 Å². The molecule has 0 aromatic heterocycles. The molecule has 0 fully saturated rings. The van der Waals surface area contributed by atoms with Gasteiger partial charge in [0, 0.05) is 24.5 Å². The van der Waals surface area contributed by atoms with E-state index < -0.39 is 0 Å². The Morgan fingerprint density at radius 3 is 2.59 bits per heavy atom. The third-order valence-electron chi connectivity index (χ3n) is 2.80. The SMILES string of the molecule is CCCCN(CCCl)C(=O)c1ccccc1C. The molecule has 0 atom stereocenters. The van der Waals surface area contributed by atoms with Gasteiger partial charge in [-0.3, -0.25) is 4.79 Å². The van der Waals surface area contributed by atoms with Crippen molar-refractivity contribution in [3.05, 3.63) is 35.4 Å². The largest absolute Gasteiger partial charge is 0.337 e. The van der Waals surface area contributed by atoms with Crippen molar-refractivity contribution in [3.63, 3.8) is 0 Å². The van der Waals surface area contributed by atoms with E-state index in [1.807, 2.05) is 36.1 Å². The highest BCUT2D eigenvalue weighted by Crippen LogP contribution is 2.11. The molecule has 3 heteroatoms. The van der Waals surface area contributed by atoms with Crippen molar-refractivity contribution >= 4 is 17.5 Å². The summed E-state index contributed by atoms with van der Waals surface area (Å²) in [6.07, 6.45) is 2.11. The first-order valence-corrected chi connectivity index (χ1v) is 6.65. The summed E-state index contributed by atoms with van der Waals surface area (Å²) in [4.78, 5) is 14.2. The predicted octanol–water partition coefficient (Wildman–Crippen LogP) is 3.48. The van der Waals surface area contributed by atoms with Crippen molar-refractivity contribution in [1.29, 1.82) is 0 Å². The number of alkyl halides is 1. The Morgan fingerprint density at radius 1 is 1.29 bits per heavy atom. The number of carbonyl (C=O) groups is 1. The van der Waals surface area contributed by atoms with E-state index >= 15 is 0 Å². The summed E-state index contributed by atoms with van der Waals surface area (Å²) >= 11 is 5.75. The summed E-state index contributed by atoms with van der Waals surface area (Å²) in [5.41, 5.74) is 1.81. The molecule has 0 bridgehead atoms. The quantitative estimate of drug-likeness (QED) is 0.711. The molecule has 0 saturated carbocycles. The number of nitrogens with zero attached hydrogens (tertiary/aromatic N) is 1. The molecule has 0 aliphatic heterocycles. The maximum atomic E-state index is 12.3. The Labute approximate surface area is 109 Å². The van der Waals surface area contributed by atoms with E-state index in [0.717, 1.165) is 30.5 Å². The molecule has 2 nitrogen and oxygen atoms in total. The Morgan fingerprint density at radius 2 is 2.00 bits per heavy atom. The van der Waals surface area contributed by atoms with Crippen LogP contribution in [0.2, 0.25) is 0 Å². The highest BCUT2D eigenvalue weighted by atomic mass is 35.5. The van der Waals surface area contributed by atoms with Crippen molar-refractivity contribution in [2.24, 2.45) is 0 Å². The first-order valence-electron chi connectivity index (χ1n) is 6.11. The normalized spacial score (nSPS) is 10.3. The van der Waals surface area contributed by atoms with Crippen molar-refractivity contribution < 1.29 is 4.79 Å². The van der Waals surface area contributed by atoms with E-state index in [1.165, 1.54) is 0 Å². The first kappa shape index (κ1) is 14.0. The number of benzene rings is 1. The molecular formula is C14H20ClNO. The number of amides is 1. The molecule has 1 aromatic carbocycles. The van der Waals surface area contributed by atoms with Gasteiger partial charge in [0.1, 0.15) is 0 Å². The molecular weight excluding hydrogens is 234 g/mol. The second-order valence-corrected chi connectivity index (χ2v) is 4.53. The minimum atomic E-state index is 0.0946. The number of carbonyl (C=O) groups excluding carboxylic acids is 1. The Bertz CT molecular complexity index is 365. The minimum absolute atomic E-state index is 0.0946. The lowest BCUT2D eigenvalue weighted by atomic mass is 10.1. The number of aryl methyl sites for hydroxylation is 1. The zero-order valence-electron chi connectivity index (χ0n) is 10.6. The molecule has 0 aliphatic rings. The molecule has 1 aromatic rings. The molecule has 0 radical (unpaired) electrons. The topological polar surface area (TPSA) is 20.3 Å². The molecule has 1 rings (SSSR count). The van der Waals surface area contributed by atoms with Crippen LogP contribution in [0.3, 0.4) is 0 Å². The second-order valence-electron chi connectivity index (χ2n) is 4.15. The molecule has 0 aliphatic carbocycles. The van der Waals surface area contributed by atoms with E-state index in [1.54, 1.807) is 0 Å². The number of hydrogen-bond donors (Lipinski definition) is 0. The fourth-order valence-electron chi connectivity index (χ4n) is 1.75. The third-order valence-corrected chi connectivity index (χ3v) is 2.97. The van der Waals surface area contributed by atoms with Crippen LogP contribution < -0.4 is 0 Å². The van der Waals surface area contributed by atoms with Gasteiger partial charge >= 0.3 is 0 Å². The van der Waals surface area contributed by atoms with Crippen LogP contribution in [-0.2, 0) is 0 Å². The van der Waals surface area contributed by atoms with Gasteiger partial charge in [-0.05, 0) is 25.0 Å². The van der Waals surface area contributed by atoms with E-state index in [4.69, 9.17) is 11.6 Å². The summed E-state index contributed by atoms with van der Waals surface area (Å²) in [5, 5.41) is 0. The first-order chi connectivity index (χ1) is 8.20. The zero-order valence-corrected chi connectivity index (χ0v) is 11.3. The lowest BCUT2D eigenvalue weighted by Crippen LogP contribution is -2.34. The number of rotatable bonds is 6. The maximum Gasteiger partial charge on any atom is 0.254 e. The summed E-state index contributed by atoms with van der Waals surface area (Å²) < 4.78 is 0. The van der Waals surface area contributed by atoms with Gasteiger partial charge in [-0.1, -0.05) is 31.5 Å². The van der Waals surface area contributed by atoms with Gasteiger partial charge in [-0.15, -0.1) is 11.6 Å². The number of unbranched alkanes of at least 4 members (excludes halogenated alkanes) is 1. The lowest BCUT2D eigenvalue weighted by Gasteiger charge is -2.22. The van der Waals surface area contributed by atoms with Gasteiger partial charge in [0.05, 0.1) is 0 Å². The van der Waals surface area contributed by atoms with Gasteiger partial charge in [0.2, 0.25) is 0 Å². The van der Waals surface area contributed by atoms with E-state index in [2.05, 4.69) is 6.92 Å². The number of halogens is 1. The van der Waals surface area contributed by atoms with Crippen molar-refractivity contribution in [2.75, 3.05) is 19.0 Å². The van der Waals surface area contributed by atoms with Gasteiger partial charge in [-0.2, -0.15) is 0 Å². The highest BCUT2D eigenvalue weighted by Gasteiger charge is 2.15. The van der Waals surface area contributed by atoms with E-state index in [0.29, 0.717) is 12.4 Å².